The Morgan fingerprint density at radius 2 is 1.95 bits per heavy atom. The van der Waals surface area contributed by atoms with E-state index < -0.39 is 17.6 Å². The van der Waals surface area contributed by atoms with Crippen molar-refractivity contribution < 1.29 is 13.2 Å². The lowest BCUT2D eigenvalue weighted by atomic mass is 10.2. The predicted molar refractivity (Wildman–Crippen MR) is 76.7 cm³/mol. The highest BCUT2D eigenvalue weighted by molar-refractivity contribution is 5.58. The number of hydrogen-bond acceptors (Lipinski definition) is 5. The quantitative estimate of drug-likeness (QED) is 0.906. The molecular formula is C13H17F3N6. The molecule has 0 saturated heterocycles. The Kier molecular flexibility index (Phi) is 4.25. The van der Waals surface area contributed by atoms with Crippen LogP contribution in [0.15, 0.2) is 6.20 Å². The van der Waals surface area contributed by atoms with E-state index >= 15 is 0 Å². The van der Waals surface area contributed by atoms with Crippen LogP contribution in [0.5, 0.6) is 0 Å². The van der Waals surface area contributed by atoms with Crippen LogP contribution in [0, 0.1) is 13.8 Å². The number of nitrogens with zero attached hydrogens (tertiary/aromatic N) is 4. The molecule has 0 radical (unpaired) electrons. The van der Waals surface area contributed by atoms with Gasteiger partial charge in [0.15, 0.2) is 0 Å². The molecule has 0 aliphatic heterocycles. The van der Waals surface area contributed by atoms with Crippen molar-refractivity contribution in [2.75, 3.05) is 11.1 Å². The zero-order chi connectivity index (χ0) is 16.5. The van der Waals surface area contributed by atoms with E-state index in [4.69, 9.17) is 5.73 Å². The van der Waals surface area contributed by atoms with E-state index in [1.54, 1.807) is 10.9 Å². The Balaban J connectivity index is 2.32. The van der Waals surface area contributed by atoms with Gasteiger partial charge < -0.3 is 11.1 Å². The largest absolute Gasteiger partial charge is 0.421 e. The van der Waals surface area contributed by atoms with Crippen LogP contribution in [0.4, 0.5) is 30.6 Å². The summed E-state index contributed by atoms with van der Waals surface area (Å²) in [5.74, 6) is -0.580. The molecule has 0 spiro atoms. The molecule has 6 nitrogen and oxygen atoms in total. The van der Waals surface area contributed by atoms with E-state index in [0.717, 1.165) is 18.7 Å². The number of alkyl halides is 3. The standard InChI is InChI=1S/C13H17F3N6/c1-4-5-22-8(3)9(6-18-22)20-12-19-7(2)10(11(17)21-12)13(14,15)16/h6H,4-5H2,1-3H3,(H3,17,19,20,21). The molecule has 0 fully saturated rings. The number of nitrogens with two attached hydrogens (primary N) is 1. The van der Waals surface area contributed by atoms with Crippen LogP contribution in [0.3, 0.4) is 0 Å². The molecule has 2 heterocycles. The average Bonchev–Trinajstić information content (AvgIpc) is 2.69. The fraction of sp³-hybridized carbons (Fsp3) is 0.462. The Bertz CT molecular complexity index is 654. The van der Waals surface area contributed by atoms with Gasteiger partial charge in [-0.2, -0.15) is 23.3 Å². The van der Waals surface area contributed by atoms with Crippen molar-refractivity contribution >= 4 is 17.5 Å². The molecular weight excluding hydrogens is 297 g/mol. The summed E-state index contributed by atoms with van der Waals surface area (Å²) in [5.41, 5.74) is 5.68. The van der Waals surface area contributed by atoms with Crippen LogP contribution >= 0.6 is 0 Å². The Hall–Kier alpha value is -2.32. The lowest BCUT2D eigenvalue weighted by molar-refractivity contribution is -0.137. The first-order valence-electron chi connectivity index (χ1n) is 6.74. The molecule has 120 valence electrons. The molecule has 0 saturated carbocycles. The van der Waals surface area contributed by atoms with Crippen LogP contribution < -0.4 is 11.1 Å². The maximum absolute atomic E-state index is 12.8. The Morgan fingerprint density at radius 1 is 1.27 bits per heavy atom. The monoisotopic (exact) mass is 314 g/mol. The summed E-state index contributed by atoms with van der Waals surface area (Å²) in [6.45, 7) is 5.88. The minimum Gasteiger partial charge on any atom is -0.383 e. The molecule has 0 aromatic carbocycles. The molecule has 0 atom stereocenters. The fourth-order valence-corrected chi connectivity index (χ4v) is 2.13. The number of rotatable bonds is 4. The second-order valence-electron chi connectivity index (χ2n) is 4.88. The highest BCUT2D eigenvalue weighted by atomic mass is 19.4. The summed E-state index contributed by atoms with van der Waals surface area (Å²) in [6, 6.07) is 0. The third-order valence-electron chi connectivity index (χ3n) is 3.19. The van der Waals surface area contributed by atoms with Crippen molar-refractivity contribution in [3.8, 4) is 0 Å². The minimum absolute atomic E-state index is 0.0159. The van der Waals surface area contributed by atoms with Gasteiger partial charge in [0.2, 0.25) is 5.95 Å². The van der Waals surface area contributed by atoms with Gasteiger partial charge in [-0.15, -0.1) is 0 Å². The van der Waals surface area contributed by atoms with Gasteiger partial charge in [0.25, 0.3) is 0 Å². The van der Waals surface area contributed by atoms with E-state index in [1.165, 1.54) is 6.92 Å². The Labute approximate surface area is 125 Å². The lowest BCUT2D eigenvalue weighted by Gasteiger charge is -2.13. The van der Waals surface area contributed by atoms with Gasteiger partial charge in [-0.1, -0.05) is 6.92 Å². The molecule has 0 unspecified atom stereocenters. The Morgan fingerprint density at radius 3 is 2.50 bits per heavy atom. The van der Waals surface area contributed by atoms with Crippen molar-refractivity contribution in [3.05, 3.63) is 23.1 Å². The summed E-state index contributed by atoms with van der Waals surface area (Å²) in [6.07, 6.45) is -2.07. The topological polar surface area (TPSA) is 81.7 Å². The van der Waals surface area contributed by atoms with Crippen LogP contribution in [0.1, 0.15) is 30.3 Å². The summed E-state index contributed by atoms with van der Waals surface area (Å²) in [4.78, 5) is 7.52. The minimum atomic E-state index is -4.57. The number of halogens is 3. The molecule has 22 heavy (non-hydrogen) atoms. The SMILES string of the molecule is CCCn1ncc(Nc2nc(C)c(C(F)(F)F)c(N)n2)c1C. The number of hydrogen-bond donors (Lipinski definition) is 2. The molecule has 0 amide bonds. The normalized spacial score (nSPS) is 11.7. The predicted octanol–water partition coefficient (Wildman–Crippen LogP) is 3.04. The highest BCUT2D eigenvalue weighted by Crippen LogP contribution is 2.35. The van der Waals surface area contributed by atoms with Gasteiger partial charge in [-0.05, 0) is 20.3 Å². The maximum Gasteiger partial charge on any atom is 0.421 e. The van der Waals surface area contributed by atoms with E-state index in [2.05, 4.69) is 20.4 Å². The fourth-order valence-electron chi connectivity index (χ4n) is 2.13. The van der Waals surface area contributed by atoms with Crippen molar-refractivity contribution in [1.29, 1.82) is 0 Å². The first-order valence-corrected chi connectivity index (χ1v) is 6.74. The molecule has 9 heteroatoms. The molecule has 0 aliphatic carbocycles. The van der Waals surface area contributed by atoms with E-state index in [-0.39, 0.29) is 11.6 Å². The van der Waals surface area contributed by atoms with Crippen LogP contribution in [-0.4, -0.2) is 19.7 Å². The van der Waals surface area contributed by atoms with Crippen LogP contribution in [0.25, 0.3) is 0 Å². The smallest absolute Gasteiger partial charge is 0.383 e. The van der Waals surface area contributed by atoms with Crippen molar-refractivity contribution in [2.24, 2.45) is 0 Å². The number of nitrogens with one attached hydrogen (secondary N) is 1. The van der Waals surface area contributed by atoms with Crippen molar-refractivity contribution in [3.63, 3.8) is 0 Å². The highest BCUT2D eigenvalue weighted by Gasteiger charge is 2.36. The lowest BCUT2D eigenvalue weighted by Crippen LogP contribution is -2.15. The van der Waals surface area contributed by atoms with Crippen LogP contribution in [0.2, 0.25) is 0 Å². The molecule has 2 rings (SSSR count). The van der Waals surface area contributed by atoms with Crippen LogP contribution in [-0.2, 0) is 12.7 Å². The van der Waals surface area contributed by atoms with Gasteiger partial charge in [0.05, 0.1) is 23.3 Å². The van der Waals surface area contributed by atoms with E-state index in [9.17, 15) is 13.2 Å². The number of aromatic nitrogens is 4. The summed E-state index contributed by atoms with van der Waals surface area (Å²) >= 11 is 0. The number of aryl methyl sites for hydroxylation is 2. The summed E-state index contributed by atoms with van der Waals surface area (Å²) < 4.78 is 40.3. The molecule has 3 N–H and O–H groups in total. The van der Waals surface area contributed by atoms with Gasteiger partial charge in [-0.3, -0.25) is 4.68 Å². The van der Waals surface area contributed by atoms with Gasteiger partial charge in [0, 0.05) is 6.54 Å². The van der Waals surface area contributed by atoms with E-state index in [1.807, 2.05) is 13.8 Å². The molecule has 2 aromatic heterocycles. The number of anilines is 3. The summed E-state index contributed by atoms with van der Waals surface area (Å²) in [7, 11) is 0. The third kappa shape index (κ3) is 3.12. The van der Waals surface area contributed by atoms with Crippen molar-refractivity contribution in [2.45, 2.75) is 39.9 Å². The van der Waals surface area contributed by atoms with E-state index in [0.29, 0.717) is 5.69 Å². The van der Waals surface area contributed by atoms with Gasteiger partial charge in [0.1, 0.15) is 11.4 Å². The molecule has 0 aliphatic rings. The molecule has 0 bridgehead atoms. The number of nitrogen functional groups attached to an aromatic ring is 1. The van der Waals surface area contributed by atoms with Gasteiger partial charge in [-0.25, -0.2) is 4.98 Å². The van der Waals surface area contributed by atoms with Gasteiger partial charge >= 0.3 is 6.18 Å². The zero-order valence-electron chi connectivity index (χ0n) is 12.5. The zero-order valence-corrected chi connectivity index (χ0v) is 12.5. The first-order chi connectivity index (χ1) is 10.2. The maximum atomic E-state index is 12.8. The molecule has 2 aromatic rings. The van der Waals surface area contributed by atoms with Crippen molar-refractivity contribution in [1.82, 2.24) is 19.7 Å². The first kappa shape index (κ1) is 16.1. The average molecular weight is 314 g/mol. The second kappa shape index (κ2) is 5.82. The third-order valence-corrected chi connectivity index (χ3v) is 3.19. The second-order valence-corrected chi connectivity index (χ2v) is 4.88. The summed E-state index contributed by atoms with van der Waals surface area (Å²) in [5, 5.41) is 7.05.